The summed E-state index contributed by atoms with van der Waals surface area (Å²) in [5, 5.41) is 6.17. The van der Waals surface area contributed by atoms with E-state index in [0.29, 0.717) is 40.8 Å². The highest BCUT2D eigenvalue weighted by Crippen LogP contribution is 2.31. The van der Waals surface area contributed by atoms with Gasteiger partial charge in [-0.05, 0) is 80.1 Å². The number of hydrogen-bond acceptors (Lipinski definition) is 6. The van der Waals surface area contributed by atoms with Gasteiger partial charge >= 0.3 is 6.18 Å². The van der Waals surface area contributed by atoms with E-state index in [1.165, 1.54) is 24.4 Å². The van der Waals surface area contributed by atoms with E-state index in [1.54, 1.807) is 65.7 Å². The largest absolute Gasteiger partial charge is 0.416 e. The first-order valence-corrected chi connectivity index (χ1v) is 14.9. The quantitative estimate of drug-likeness (QED) is 0.176. The number of likely N-dealkylation sites (N-methyl/N-ethyl adjacent to an activating group) is 1. The van der Waals surface area contributed by atoms with E-state index in [-0.39, 0.29) is 23.0 Å². The van der Waals surface area contributed by atoms with E-state index >= 15 is 0 Å². The zero-order valence-corrected chi connectivity index (χ0v) is 25.6. The Morgan fingerprint density at radius 1 is 0.851 bits per heavy atom. The first-order chi connectivity index (χ1) is 22.6. The summed E-state index contributed by atoms with van der Waals surface area (Å²) in [4.78, 5) is 54.7. The molecule has 12 heteroatoms. The highest BCUT2D eigenvalue weighted by molar-refractivity contribution is 6.08. The maximum atomic E-state index is 13.4. The highest BCUT2D eigenvalue weighted by Gasteiger charge is 2.30. The number of halogens is 3. The molecule has 3 aromatic heterocycles. The van der Waals surface area contributed by atoms with Crippen molar-refractivity contribution in [3.63, 3.8) is 0 Å². The van der Waals surface area contributed by atoms with Crippen LogP contribution >= 0.6 is 0 Å². The van der Waals surface area contributed by atoms with Gasteiger partial charge in [-0.15, -0.1) is 0 Å². The van der Waals surface area contributed by atoms with Crippen LogP contribution in [0.3, 0.4) is 0 Å². The molecule has 0 aliphatic carbocycles. The average molecular weight is 641 g/mol. The fourth-order valence-corrected chi connectivity index (χ4v) is 5.06. The number of rotatable bonds is 10. The summed E-state index contributed by atoms with van der Waals surface area (Å²) in [5.74, 6) is -1.05. The summed E-state index contributed by atoms with van der Waals surface area (Å²) in [6, 6.07) is 19.8. The maximum absolute atomic E-state index is 13.4. The Hall–Kier alpha value is -5.65. The zero-order chi connectivity index (χ0) is 33.6. The minimum atomic E-state index is -4.48. The molecule has 3 amide bonds. The molecule has 5 rings (SSSR count). The van der Waals surface area contributed by atoms with Crippen molar-refractivity contribution in [1.29, 1.82) is 0 Å². The summed E-state index contributed by atoms with van der Waals surface area (Å²) in [5.41, 5.74) is 1.14. The minimum absolute atomic E-state index is 0.152. The molecule has 1 atom stereocenters. The van der Waals surface area contributed by atoms with E-state index < -0.39 is 29.6 Å². The van der Waals surface area contributed by atoms with E-state index in [4.69, 9.17) is 0 Å². The van der Waals surface area contributed by atoms with Gasteiger partial charge in [-0.25, -0.2) is 4.98 Å². The van der Waals surface area contributed by atoms with Crippen LogP contribution in [-0.2, 0) is 11.0 Å². The first kappa shape index (κ1) is 32.7. The molecule has 0 aliphatic heterocycles. The Morgan fingerprint density at radius 3 is 2.30 bits per heavy atom. The van der Waals surface area contributed by atoms with Gasteiger partial charge in [-0.3, -0.25) is 24.4 Å². The molecule has 3 heterocycles. The standard InChI is InChI=1S/C35H31F3N6O3/c1-3-20-44(4-2)34(47)31(28-9-5-6-18-39-28)43-32(45)24-12-16-27-23(21-24)13-17-29(41-27)42-33(46)26-8-7-19-40-30(26)22-10-14-25(15-11-22)35(36,37)38/h5-19,21,31H,3-4,20H2,1-2H3,(H,43,45)(H,41,42,46)/t31-/m0/s1. The summed E-state index contributed by atoms with van der Waals surface area (Å²) in [6.45, 7) is 4.90. The number of amides is 3. The maximum Gasteiger partial charge on any atom is 0.416 e. The van der Waals surface area contributed by atoms with Crippen LogP contribution in [0, 0.1) is 0 Å². The van der Waals surface area contributed by atoms with Gasteiger partial charge in [-0.2, -0.15) is 13.2 Å². The lowest BCUT2D eigenvalue weighted by molar-refractivity contribution is -0.137. The van der Waals surface area contributed by atoms with Gasteiger partial charge in [0.2, 0.25) is 0 Å². The van der Waals surface area contributed by atoms with Crippen LogP contribution in [0.1, 0.15) is 58.3 Å². The van der Waals surface area contributed by atoms with Gasteiger partial charge in [0, 0.05) is 42.0 Å². The Bertz CT molecular complexity index is 1900. The molecule has 0 saturated carbocycles. The molecule has 5 aromatic rings. The van der Waals surface area contributed by atoms with Crippen molar-refractivity contribution in [2.75, 3.05) is 18.4 Å². The molecule has 2 aromatic carbocycles. The van der Waals surface area contributed by atoms with E-state index in [2.05, 4.69) is 25.6 Å². The Labute approximate surface area is 268 Å². The lowest BCUT2D eigenvalue weighted by Gasteiger charge is -2.26. The van der Waals surface area contributed by atoms with Crippen LogP contribution in [0.2, 0.25) is 0 Å². The minimum Gasteiger partial charge on any atom is -0.341 e. The Balaban J connectivity index is 1.34. The van der Waals surface area contributed by atoms with Crippen molar-refractivity contribution < 1.29 is 27.6 Å². The van der Waals surface area contributed by atoms with Crippen LogP contribution in [0.25, 0.3) is 22.2 Å². The van der Waals surface area contributed by atoms with Crippen molar-refractivity contribution in [1.82, 2.24) is 25.2 Å². The lowest BCUT2D eigenvalue weighted by atomic mass is 10.0. The third-order valence-corrected chi connectivity index (χ3v) is 7.42. The second-order valence-electron chi connectivity index (χ2n) is 10.6. The number of anilines is 1. The summed E-state index contributed by atoms with van der Waals surface area (Å²) < 4.78 is 39.1. The van der Waals surface area contributed by atoms with E-state index in [0.717, 1.165) is 18.6 Å². The molecular weight excluding hydrogens is 609 g/mol. The molecule has 0 fully saturated rings. The number of benzene rings is 2. The van der Waals surface area contributed by atoms with Crippen molar-refractivity contribution in [2.24, 2.45) is 0 Å². The third-order valence-electron chi connectivity index (χ3n) is 7.42. The Kier molecular flexibility index (Phi) is 9.88. The van der Waals surface area contributed by atoms with E-state index in [1.807, 2.05) is 13.8 Å². The van der Waals surface area contributed by atoms with Crippen molar-refractivity contribution in [3.05, 3.63) is 120 Å². The number of nitrogens with one attached hydrogen (secondary N) is 2. The van der Waals surface area contributed by atoms with Crippen molar-refractivity contribution in [3.8, 4) is 11.3 Å². The molecule has 0 unspecified atom stereocenters. The normalized spacial score (nSPS) is 11.9. The summed E-state index contributed by atoms with van der Waals surface area (Å²) >= 11 is 0. The lowest BCUT2D eigenvalue weighted by Crippen LogP contribution is -2.43. The fraction of sp³-hybridized carbons (Fsp3) is 0.200. The number of nitrogens with zero attached hydrogens (tertiary/aromatic N) is 4. The number of fused-ring (bicyclic) bond motifs is 1. The van der Waals surface area contributed by atoms with Gasteiger partial charge in [0.25, 0.3) is 17.7 Å². The number of carbonyl (C=O) groups is 3. The number of pyridine rings is 3. The number of alkyl halides is 3. The molecule has 47 heavy (non-hydrogen) atoms. The van der Waals surface area contributed by atoms with Gasteiger partial charge in [0.1, 0.15) is 5.82 Å². The number of aromatic nitrogens is 3. The highest BCUT2D eigenvalue weighted by atomic mass is 19.4. The second-order valence-corrected chi connectivity index (χ2v) is 10.6. The monoisotopic (exact) mass is 640 g/mol. The van der Waals surface area contributed by atoms with Crippen LogP contribution in [0.4, 0.5) is 19.0 Å². The SMILES string of the molecule is CCCN(CC)C(=O)[C@@H](NC(=O)c1ccc2nc(NC(=O)c3cccnc3-c3ccc(C(F)(F)F)cc3)ccc2c1)c1ccccn1. The van der Waals surface area contributed by atoms with Gasteiger partial charge < -0.3 is 15.5 Å². The Morgan fingerprint density at radius 2 is 1.62 bits per heavy atom. The molecule has 0 radical (unpaired) electrons. The topological polar surface area (TPSA) is 117 Å². The smallest absolute Gasteiger partial charge is 0.341 e. The van der Waals surface area contributed by atoms with Gasteiger partial charge in [0.05, 0.1) is 28.0 Å². The van der Waals surface area contributed by atoms with Gasteiger partial charge in [-0.1, -0.05) is 25.1 Å². The molecule has 240 valence electrons. The summed E-state index contributed by atoms with van der Waals surface area (Å²) in [7, 11) is 0. The van der Waals surface area contributed by atoms with Crippen LogP contribution in [0.5, 0.6) is 0 Å². The van der Waals surface area contributed by atoms with Crippen LogP contribution in [-0.4, -0.2) is 50.7 Å². The fourth-order valence-electron chi connectivity index (χ4n) is 5.06. The number of hydrogen-bond donors (Lipinski definition) is 2. The van der Waals surface area contributed by atoms with Crippen molar-refractivity contribution in [2.45, 2.75) is 32.5 Å². The predicted octanol–water partition coefficient (Wildman–Crippen LogP) is 6.69. The van der Waals surface area contributed by atoms with Crippen LogP contribution < -0.4 is 10.6 Å². The van der Waals surface area contributed by atoms with Crippen molar-refractivity contribution >= 4 is 34.4 Å². The molecule has 2 N–H and O–H groups in total. The van der Waals surface area contributed by atoms with Crippen LogP contribution in [0.15, 0.2) is 97.3 Å². The van der Waals surface area contributed by atoms with E-state index in [9.17, 15) is 27.6 Å². The second kappa shape index (κ2) is 14.2. The first-order valence-electron chi connectivity index (χ1n) is 14.9. The molecule has 0 bridgehead atoms. The average Bonchev–Trinajstić information content (AvgIpc) is 3.09. The molecule has 0 aliphatic rings. The molecule has 9 nitrogen and oxygen atoms in total. The third kappa shape index (κ3) is 7.60. The summed E-state index contributed by atoms with van der Waals surface area (Å²) in [6.07, 6.45) is -0.697. The molecule has 0 spiro atoms. The zero-order valence-electron chi connectivity index (χ0n) is 25.6. The van der Waals surface area contributed by atoms with Gasteiger partial charge in [0.15, 0.2) is 6.04 Å². The number of carbonyl (C=O) groups excluding carboxylic acids is 3. The molecule has 0 saturated heterocycles. The predicted molar refractivity (Wildman–Crippen MR) is 171 cm³/mol. The molecular formula is C35H31F3N6O3.